The smallest absolute Gasteiger partial charge is 0.297 e. The van der Waals surface area contributed by atoms with Crippen LogP contribution in [-0.4, -0.2) is 26.6 Å². The second-order valence-corrected chi connectivity index (χ2v) is 8.98. The van der Waals surface area contributed by atoms with E-state index in [1.165, 1.54) is 22.8 Å². The third kappa shape index (κ3) is 3.47. The molecule has 34 heavy (non-hydrogen) atoms. The number of benzene rings is 3. The summed E-state index contributed by atoms with van der Waals surface area (Å²) in [5.74, 6) is 0.871. The van der Waals surface area contributed by atoms with Gasteiger partial charge in [-0.2, -0.15) is 4.98 Å². The van der Waals surface area contributed by atoms with Crippen molar-refractivity contribution in [3.05, 3.63) is 83.1 Å². The van der Waals surface area contributed by atoms with Crippen LogP contribution in [0, 0.1) is 0 Å². The predicted molar refractivity (Wildman–Crippen MR) is 130 cm³/mol. The Bertz CT molecular complexity index is 1530. The van der Waals surface area contributed by atoms with Gasteiger partial charge in [0.1, 0.15) is 5.82 Å². The number of halogens is 3. The third-order valence-electron chi connectivity index (χ3n) is 6.37. The highest BCUT2D eigenvalue weighted by molar-refractivity contribution is 6.36. The van der Waals surface area contributed by atoms with E-state index in [2.05, 4.69) is 51.6 Å². The minimum Gasteiger partial charge on any atom is -0.329 e. The van der Waals surface area contributed by atoms with E-state index in [1.807, 2.05) is 24.1 Å². The highest BCUT2D eigenvalue weighted by atomic mass is 35.5. The van der Waals surface area contributed by atoms with Gasteiger partial charge in [0.2, 0.25) is 5.82 Å². The minimum absolute atomic E-state index is 0.0961. The lowest BCUT2D eigenvalue weighted by molar-refractivity contribution is 0.139. The molecule has 5 nitrogen and oxygen atoms in total. The fourth-order valence-electron chi connectivity index (χ4n) is 4.43. The van der Waals surface area contributed by atoms with E-state index in [0.717, 1.165) is 16.8 Å². The summed E-state index contributed by atoms with van der Waals surface area (Å²) in [6.45, 7) is 0. The molecule has 3 aromatic carbocycles. The monoisotopic (exact) mass is 475 g/mol. The van der Waals surface area contributed by atoms with Gasteiger partial charge in [-0.25, -0.2) is 8.78 Å². The van der Waals surface area contributed by atoms with Crippen LogP contribution in [0.3, 0.4) is 0 Å². The number of nitrogens with zero attached hydrogens (tertiary/aromatic N) is 5. The molecule has 1 fully saturated rings. The highest BCUT2D eigenvalue weighted by Crippen LogP contribution is 2.41. The summed E-state index contributed by atoms with van der Waals surface area (Å²) in [5, 5.41) is 8.53. The first kappa shape index (κ1) is 21.0. The number of anilines is 2. The van der Waals surface area contributed by atoms with E-state index in [-0.39, 0.29) is 5.78 Å². The lowest BCUT2D eigenvalue weighted by atomic mass is 10.0. The van der Waals surface area contributed by atoms with Crippen LogP contribution in [0.1, 0.15) is 36.6 Å². The average molecular weight is 476 g/mol. The minimum atomic E-state index is -2.79. The maximum absolute atomic E-state index is 13.6. The number of aromatic nitrogens is 4. The van der Waals surface area contributed by atoms with Crippen LogP contribution in [-0.2, 0) is 0 Å². The number of alkyl halides is 2. The van der Waals surface area contributed by atoms with E-state index in [1.54, 1.807) is 18.2 Å². The maximum Gasteiger partial charge on any atom is 0.297 e. The largest absolute Gasteiger partial charge is 0.329 e. The van der Waals surface area contributed by atoms with E-state index >= 15 is 0 Å². The second-order valence-electron chi connectivity index (χ2n) is 8.57. The van der Waals surface area contributed by atoms with E-state index in [0.29, 0.717) is 27.7 Å². The summed E-state index contributed by atoms with van der Waals surface area (Å²) >= 11 is 6.56. The molecule has 8 heteroatoms. The van der Waals surface area contributed by atoms with Crippen molar-refractivity contribution >= 4 is 39.8 Å². The molecule has 2 aromatic heterocycles. The third-order valence-corrected chi connectivity index (χ3v) is 6.69. The van der Waals surface area contributed by atoms with Crippen LogP contribution >= 0.6 is 11.6 Å². The van der Waals surface area contributed by atoms with Crippen molar-refractivity contribution in [2.75, 3.05) is 11.9 Å². The molecule has 2 heterocycles. The first-order valence-electron chi connectivity index (χ1n) is 11.1. The Labute approximate surface area is 199 Å². The molecule has 0 aliphatic heterocycles. The summed E-state index contributed by atoms with van der Waals surface area (Å²) in [7, 11) is 1.88. The van der Waals surface area contributed by atoms with Gasteiger partial charge in [-0.05, 0) is 59.7 Å². The molecule has 0 saturated heterocycles. The molecule has 0 N–H and O–H groups in total. The summed E-state index contributed by atoms with van der Waals surface area (Å²) in [6.07, 6.45) is -0.234. The van der Waals surface area contributed by atoms with Crippen LogP contribution in [0.25, 0.3) is 27.8 Å². The molecule has 0 spiro atoms. The fourth-order valence-corrected chi connectivity index (χ4v) is 4.68. The fraction of sp³-hybridized carbons (Fsp3) is 0.192. The molecule has 6 rings (SSSR count). The molecule has 0 atom stereocenters. The Morgan fingerprint density at radius 2 is 1.74 bits per heavy atom. The number of fused-ring (bicyclic) bond motifs is 3. The molecular formula is C26H20ClF2N5. The van der Waals surface area contributed by atoms with Crippen LogP contribution in [0.4, 0.5) is 20.3 Å². The molecule has 5 aromatic rings. The molecule has 0 amide bonds. The Balaban J connectivity index is 1.46. The van der Waals surface area contributed by atoms with Crippen molar-refractivity contribution in [2.24, 2.45) is 0 Å². The Kier molecular flexibility index (Phi) is 4.95. The Morgan fingerprint density at radius 1 is 0.971 bits per heavy atom. The standard InChI is InChI=1S/C26H20ClF2N5/c1-33(19-5-2-4-18(14-19)17-12-10-16(11-13-17)15-8-9-15)24-22-20(27)6-3-7-21(22)34-25(23(28)29)31-32-26(34)30-24/h2-7,10-15,23H,8-9H2,1H3. The van der Waals surface area contributed by atoms with E-state index < -0.39 is 12.2 Å². The molecule has 1 aliphatic rings. The molecular weight excluding hydrogens is 456 g/mol. The summed E-state index contributed by atoms with van der Waals surface area (Å²) in [4.78, 5) is 6.48. The van der Waals surface area contributed by atoms with Gasteiger partial charge in [0, 0.05) is 12.7 Å². The van der Waals surface area contributed by atoms with Gasteiger partial charge in [-0.1, -0.05) is 54.1 Å². The Hall–Kier alpha value is -3.58. The number of hydrogen-bond donors (Lipinski definition) is 0. The van der Waals surface area contributed by atoms with Gasteiger partial charge in [0.25, 0.3) is 12.2 Å². The lowest BCUT2D eigenvalue weighted by Gasteiger charge is -2.22. The van der Waals surface area contributed by atoms with Crippen molar-refractivity contribution in [3.63, 3.8) is 0 Å². The van der Waals surface area contributed by atoms with Crippen LogP contribution < -0.4 is 4.90 Å². The molecule has 1 saturated carbocycles. The van der Waals surface area contributed by atoms with Crippen LogP contribution in [0.15, 0.2) is 66.7 Å². The van der Waals surface area contributed by atoms with Crippen LogP contribution in [0.5, 0.6) is 0 Å². The summed E-state index contributed by atoms with van der Waals surface area (Å²) in [5.41, 5.74) is 4.96. The number of rotatable bonds is 5. The average Bonchev–Trinajstić information content (AvgIpc) is 3.61. The van der Waals surface area contributed by atoms with Gasteiger partial charge in [0.05, 0.1) is 15.9 Å². The van der Waals surface area contributed by atoms with Crippen LogP contribution in [0.2, 0.25) is 5.02 Å². The van der Waals surface area contributed by atoms with Gasteiger partial charge in [0.15, 0.2) is 0 Å². The predicted octanol–water partition coefficient (Wildman–Crippen LogP) is 7.18. The SMILES string of the molecule is CN(c1cccc(-c2ccc(C3CC3)cc2)c1)c1nc2nnc(C(F)F)n2c2cccc(Cl)c12. The Morgan fingerprint density at radius 3 is 2.47 bits per heavy atom. The van der Waals surface area contributed by atoms with Gasteiger partial charge >= 0.3 is 0 Å². The first-order chi connectivity index (χ1) is 16.5. The highest BCUT2D eigenvalue weighted by Gasteiger charge is 2.24. The topological polar surface area (TPSA) is 46.3 Å². The van der Waals surface area contributed by atoms with Crippen molar-refractivity contribution < 1.29 is 8.78 Å². The molecule has 0 bridgehead atoms. The zero-order valence-corrected chi connectivity index (χ0v) is 19.0. The summed E-state index contributed by atoms with van der Waals surface area (Å²) < 4.78 is 28.4. The zero-order chi connectivity index (χ0) is 23.4. The van der Waals surface area contributed by atoms with E-state index in [9.17, 15) is 8.78 Å². The molecule has 0 radical (unpaired) electrons. The lowest BCUT2D eigenvalue weighted by Crippen LogP contribution is -2.13. The molecule has 1 aliphatic carbocycles. The van der Waals surface area contributed by atoms with Crippen molar-refractivity contribution in [1.82, 2.24) is 19.6 Å². The van der Waals surface area contributed by atoms with Gasteiger partial charge in [-0.3, -0.25) is 4.40 Å². The van der Waals surface area contributed by atoms with E-state index in [4.69, 9.17) is 11.6 Å². The number of hydrogen-bond acceptors (Lipinski definition) is 4. The second kappa shape index (κ2) is 8.02. The quantitative estimate of drug-likeness (QED) is 0.270. The molecule has 0 unspecified atom stereocenters. The summed E-state index contributed by atoms with van der Waals surface area (Å²) in [6, 6.07) is 22.0. The van der Waals surface area contributed by atoms with Gasteiger partial charge in [-0.15, -0.1) is 10.2 Å². The molecule has 170 valence electrons. The van der Waals surface area contributed by atoms with Crippen molar-refractivity contribution in [2.45, 2.75) is 25.2 Å². The normalized spacial score (nSPS) is 13.8. The van der Waals surface area contributed by atoms with Gasteiger partial charge < -0.3 is 4.90 Å². The van der Waals surface area contributed by atoms with Crippen molar-refractivity contribution in [3.8, 4) is 11.1 Å². The zero-order valence-electron chi connectivity index (χ0n) is 18.3. The van der Waals surface area contributed by atoms with Crippen molar-refractivity contribution in [1.29, 1.82) is 0 Å². The first-order valence-corrected chi connectivity index (χ1v) is 11.4. The maximum atomic E-state index is 13.6.